The number of carbonyl (C=O) groups is 2. The molecular formula is C21H19Cl2NO4. The van der Waals surface area contributed by atoms with Crippen LogP contribution in [0.25, 0.3) is 0 Å². The van der Waals surface area contributed by atoms with Gasteiger partial charge in [-0.15, -0.1) is 0 Å². The lowest BCUT2D eigenvalue weighted by atomic mass is 9.90. The Morgan fingerprint density at radius 2 is 1.54 bits per heavy atom. The molecule has 1 saturated heterocycles. The summed E-state index contributed by atoms with van der Waals surface area (Å²) in [6.07, 6.45) is 1.11. The van der Waals surface area contributed by atoms with Crippen LogP contribution in [-0.4, -0.2) is 34.5 Å². The van der Waals surface area contributed by atoms with Crippen molar-refractivity contribution in [3.63, 3.8) is 0 Å². The fraction of sp³-hybridized carbons (Fsp3) is 0.333. The summed E-state index contributed by atoms with van der Waals surface area (Å²) in [6.45, 7) is -0.159. The molecule has 1 N–H and O–H groups in total. The fourth-order valence-electron chi connectivity index (χ4n) is 3.84. The monoisotopic (exact) mass is 419 g/mol. The van der Waals surface area contributed by atoms with Crippen molar-refractivity contribution < 1.29 is 19.4 Å². The molecule has 0 bridgehead atoms. The van der Waals surface area contributed by atoms with E-state index in [1.165, 1.54) is 4.90 Å². The van der Waals surface area contributed by atoms with Gasteiger partial charge in [-0.1, -0.05) is 47.5 Å². The van der Waals surface area contributed by atoms with Crippen LogP contribution in [0, 0.1) is 5.92 Å². The van der Waals surface area contributed by atoms with Crippen molar-refractivity contribution in [3.8, 4) is 0 Å². The summed E-state index contributed by atoms with van der Waals surface area (Å²) in [5.74, 6) is -1.32. The van der Waals surface area contributed by atoms with Crippen LogP contribution in [0.1, 0.15) is 36.1 Å². The highest BCUT2D eigenvalue weighted by Crippen LogP contribution is 2.46. The third-order valence-electron chi connectivity index (χ3n) is 5.29. The minimum Gasteiger partial charge on any atom is -0.480 e. The second-order valence-corrected chi connectivity index (χ2v) is 8.07. The number of rotatable bonds is 5. The average molecular weight is 420 g/mol. The number of carbonyl (C=O) groups excluding carboxylic acids is 1. The molecule has 5 nitrogen and oxygen atoms in total. The molecule has 1 unspecified atom stereocenters. The number of nitrogens with zero attached hydrogens (tertiary/aromatic N) is 1. The van der Waals surface area contributed by atoms with Crippen LogP contribution in [0.15, 0.2) is 48.5 Å². The Bertz CT molecular complexity index is 880. The largest absolute Gasteiger partial charge is 0.480 e. The summed E-state index contributed by atoms with van der Waals surface area (Å²) in [6, 6.07) is 12.9. The molecule has 0 aromatic heterocycles. The van der Waals surface area contributed by atoms with E-state index in [4.69, 9.17) is 27.9 Å². The maximum atomic E-state index is 12.8. The van der Waals surface area contributed by atoms with Gasteiger partial charge in [-0.2, -0.15) is 0 Å². The standard InChI is InChI=1S/C21H19Cl2NO4/c22-15-7-3-12(4-8-15)18-20(14-5-9-16(23)10-6-14)28-11-17(25)24(18)19(21(26)27)13-1-2-13/h3-10,13,18-20H,1-2,11H2,(H,26,27)/t18-,19?,20+/m0/s1. The molecule has 3 atom stereocenters. The predicted octanol–water partition coefficient (Wildman–Crippen LogP) is 4.50. The first-order chi connectivity index (χ1) is 13.5. The molecule has 1 amide bonds. The van der Waals surface area contributed by atoms with E-state index in [2.05, 4.69) is 0 Å². The van der Waals surface area contributed by atoms with Gasteiger partial charge in [0.25, 0.3) is 0 Å². The summed E-state index contributed by atoms with van der Waals surface area (Å²) in [4.78, 5) is 26.4. The van der Waals surface area contributed by atoms with Gasteiger partial charge in [-0.25, -0.2) is 4.79 Å². The van der Waals surface area contributed by atoms with Crippen LogP contribution in [0.5, 0.6) is 0 Å². The van der Waals surface area contributed by atoms with Crippen molar-refractivity contribution in [2.24, 2.45) is 5.92 Å². The zero-order chi connectivity index (χ0) is 19.8. The van der Waals surface area contributed by atoms with Crippen molar-refractivity contribution in [1.82, 2.24) is 4.90 Å². The molecule has 1 heterocycles. The molecule has 7 heteroatoms. The quantitative estimate of drug-likeness (QED) is 0.774. The number of carboxylic acid groups (broad SMARTS) is 1. The summed E-state index contributed by atoms with van der Waals surface area (Å²) < 4.78 is 5.91. The van der Waals surface area contributed by atoms with E-state index in [-0.39, 0.29) is 18.4 Å². The van der Waals surface area contributed by atoms with E-state index in [1.54, 1.807) is 24.3 Å². The van der Waals surface area contributed by atoms with E-state index in [0.29, 0.717) is 10.0 Å². The van der Waals surface area contributed by atoms with Crippen molar-refractivity contribution >= 4 is 35.1 Å². The SMILES string of the molecule is O=C(O)C(C1CC1)N1C(=O)CO[C@H](c2ccc(Cl)cc2)[C@@H]1c1ccc(Cl)cc1. The highest BCUT2D eigenvalue weighted by Gasteiger charge is 2.49. The van der Waals surface area contributed by atoms with Gasteiger partial charge in [-0.3, -0.25) is 4.79 Å². The Labute approximate surface area is 172 Å². The second kappa shape index (κ2) is 7.74. The first-order valence-corrected chi connectivity index (χ1v) is 9.88. The molecule has 146 valence electrons. The van der Waals surface area contributed by atoms with Gasteiger partial charge >= 0.3 is 5.97 Å². The molecule has 28 heavy (non-hydrogen) atoms. The first-order valence-electron chi connectivity index (χ1n) is 9.12. The second-order valence-electron chi connectivity index (χ2n) is 7.20. The van der Waals surface area contributed by atoms with Gasteiger partial charge in [0.1, 0.15) is 18.8 Å². The van der Waals surface area contributed by atoms with Gasteiger partial charge in [0.15, 0.2) is 0 Å². The molecule has 1 aliphatic heterocycles. The number of hydrogen-bond acceptors (Lipinski definition) is 3. The highest BCUT2D eigenvalue weighted by atomic mass is 35.5. The number of hydrogen-bond donors (Lipinski definition) is 1. The maximum absolute atomic E-state index is 12.8. The van der Waals surface area contributed by atoms with Crippen molar-refractivity contribution in [1.29, 1.82) is 0 Å². The molecule has 2 aliphatic rings. The predicted molar refractivity (Wildman–Crippen MR) is 105 cm³/mol. The van der Waals surface area contributed by atoms with Crippen LogP contribution in [0.3, 0.4) is 0 Å². The summed E-state index contributed by atoms with van der Waals surface area (Å²) in [7, 11) is 0. The molecule has 2 aromatic rings. The molecular weight excluding hydrogens is 401 g/mol. The zero-order valence-electron chi connectivity index (χ0n) is 14.9. The molecule has 0 spiro atoms. The van der Waals surface area contributed by atoms with Crippen LogP contribution in [0.4, 0.5) is 0 Å². The molecule has 2 aromatic carbocycles. The third-order valence-corrected chi connectivity index (χ3v) is 5.80. The minimum atomic E-state index is -0.980. The van der Waals surface area contributed by atoms with Crippen molar-refractivity contribution in [2.75, 3.05) is 6.61 Å². The van der Waals surface area contributed by atoms with Gasteiger partial charge in [-0.05, 0) is 54.2 Å². The van der Waals surface area contributed by atoms with E-state index < -0.39 is 24.2 Å². The lowest BCUT2D eigenvalue weighted by molar-refractivity contribution is -0.172. The number of amides is 1. The van der Waals surface area contributed by atoms with Crippen molar-refractivity contribution in [2.45, 2.75) is 31.0 Å². The first kappa shape index (κ1) is 19.2. The Balaban J connectivity index is 1.81. The summed E-state index contributed by atoms with van der Waals surface area (Å²) in [5.41, 5.74) is 1.62. The lowest BCUT2D eigenvalue weighted by Crippen LogP contribution is -2.54. The number of benzene rings is 2. The topological polar surface area (TPSA) is 66.8 Å². The Morgan fingerprint density at radius 3 is 2.04 bits per heavy atom. The van der Waals surface area contributed by atoms with E-state index in [1.807, 2.05) is 24.3 Å². The number of aliphatic carboxylic acids is 1. The van der Waals surface area contributed by atoms with E-state index >= 15 is 0 Å². The number of carboxylic acids is 1. The third kappa shape index (κ3) is 3.75. The van der Waals surface area contributed by atoms with Crippen LogP contribution in [-0.2, 0) is 14.3 Å². The number of ether oxygens (including phenoxy) is 1. The van der Waals surface area contributed by atoms with Crippen LogP contribution in [0.2, 0.25) is 10.0 Å². The summed E-state index contributed by atoms with van der Waals surface area (Å²) in [5, 5.41) is 11.0. The highest BCUT2D eigenvalue weighted by molar-refractivity contribution is 6.30. The smallest absolute Gasteiger partial charge is 0.326 e. The molecule has 1 aliphatic carbocycles. The lowest BCUT2D eigenvalue weighted by Gasteiger charge is -2.44. The zero-order valence-corrected chi connectivity index (χ0v) is 16.4. The van der Waals surface area contributed by atoms with Crippen LogP contribution >= 0.6 is 23.2 Å². The van der Waals surface area contributed by atoms with E-state index in [0.717, 1.165) is 24.0 Å². The van der Waals surface area contributed by atoms with Gasteiger partial charge in [0.2, 0.25) is 5.91 Å². The Kier molecular flexibility index (Phi) is 5.32. The molecule has 0 radical (unpaired) electrons. The average Bonchev–Trinajstić information content (AvgIpc) is 3.49. The van der Waals surface area contributed by atoms with E-state index in [9.17, 15) is 14.7 Å². The number of halogens is 2. The Morgan fingerprint density at radius 1 is 1.00 bits per heavy atom. The molecule has 1 saturated carbocycles. The Hall–Kier alpha value is -2.08. The van der Waals surface area contributed by atoms with Gasteiger partial charge in [0.05, 0.1) is 6.04 Å². The number of morpholine rings is 1. The minimum absolute atomic E-state index is 0.0276. The van der Waals surface area contributed by atoms with Gasteiger partial charge < -0.3 is 14.7 Å². The summed E-state index contributed by atoms with van der Waals surface area (Å²) >= 11 is 12.1. The van der Waals surface area contributed by atoms with Crippen LogP contribution < -0.4 is 0 Å². The van der Waals surface area contributed by atoms with Gasteiger partial charge in [0, 0.05) is 10.0 Å². The normalized spacial score (nSPS) is 23.5. The maximum Gasteiger partial charge on any atom is 0.326 e. The molecule has 4 rings (SSSR count). The fourth-order valence-corrected chi connectivity index (χ4v) is 4.09. The molecule has 2 fully saturated rings. The van der Waals surface area contributed by atoms with Crippen molar-refractivity contribution in [3.05, 3.63) is 69.7 Å².